The fourth-order valence-corrected chi connectivity index (χ4v) is 3.91. The summed E-state index contributed by atoms with van der Waals surface area (Å²) < 4.78 is 30.0. The fraction of sp³-hybridized carbons (Fsp3) is 0.571. The summed E-state index contributed by atoms with van der Waals surface area (Å²) in [5.74, 6) is 0.888. The van der Waals surface area contributed by atoms with Gasteiger partial charge in [-0.3, -0.25) is 0 Å². The normalized spacial score (nSPS) is 19.8. The minimum absolute atomic E-state index is 0.0713. The van der Waals surface area contributed by atoms with Crippen LogP contribution in [0.1, 0.15) is 24.5 Å². The molecule has 1 heterocycles. The van der Waals surface area contributed by atoms with Gasteiger partial charge in [-0.15, -0.1) is 0 Å². The van der Waals surface area contributed by atoms with Crippen LogP contribution in [0.2, 0.25) is 0 Å². The number of hydrogen-bond acceptors (Lipinski definition) is 4. The molecule has 1 aliphatic heterocycles. The number of aryl methyl sites for hydroxylation is 1. The van der Waals surface area contributed by atoms with Crippen LogP contribution >= 0.6 is 0 Å². The molecule has 1 aliphatic rings. The summed E-state index contributed by atoms with van der Waals surface area (Å²) in [5.41, 5.74) is 7.70. The van der Waals surface area contributed by atoms with Crippen LogP contribution < -0.4 is 10.5 Å². The van der Waals surface area contributed by atoms with E-state index in [1.54, 1.807) is 6.92 Å². The Morgan fingerprint density at radius 3 is 2.89 bits per heavy atom. The van der Waals surface area contributed by atoms with Crippen LogP contribution in [0.25, 0.3) is 0 Å². The number of sulfone groups is 1. The van der Waals surface area contributed by atoms with E-state index in [0.29, 0.717) is 19.4 Å². The lowest BCUT2D eigenvalue weighted by atomic mass is 10.1. The standard InChI is InChI=1S/C14H21NO3S/c1-10-3-4-14-12(7-10)8-13(18-14)9-19(16,17)11(2)5-6-15/h3-4,7,11,13H,5-6,8-9,15H2,1-2H3. The summed E-state index contributed by atoms with van der Waals surface area (Å²) in [6.07, 6.45) is 0.911. The minimum Gasteiger partial charge on any atom is -0.489 e. The molecular weight excluding hydrogens is 262 g/mol. The number of benzene rings is 1. The molecule has 19 heavy (non-hydrogen) atoms. The zero-order valence-corrected chi connectivity index (χ0v) is 12.2. The molecule has 0 aromatic heterocycles. The van der Waals surface area contributed by atoms with Gasteiger partial charge in [-0.1, -0.05) is 17.7 Å². The Hall–Kier alpha value is -1.07. The maximum atomic E-state index is 12.2. The summed E-state index contributed by atoms with van der Waals surface area (Å²) in [4.78, 5) is 0. The zero-order chi connectivity index (χ0) is 14.0. The van der Waals surface area contributed by atoms with Gasteiger partial charge >= 0.3 is 0 Å². The maximum Gasteiger partial charge on any atom is 0.156 e. The lowest BCUT2D eigenvalue weighted by Crippen LogP contribution is -2.32. The van der Waals surface area contributed by atoms with Crippen LogP contribution in [0.5, 0.6) is 5.75 Å². The van der Waals surface area contributed by atoms with E-state index in [9.17, 15) is 8.42 Å². The third-order valence-electron chi connectivity index (χ3n) is 3.56. The van der Waals surface area contributed by atoms with Crippen molar-refractivity contribution in [2.24, 2.45) is 5.73 Å². The van der Waals surface area contributed by atoms with Crippen molar-refractivity contribution in [1.82, 2.24) is 0 Å². The molecule has 0 bridgehead atoms. The van der Waals surface area contributed by atoms with Gasteiger partial charge in [0, 0.05) is 6.42 Å². The SMILES string of the molecule is Cc1ccc2c(c1)CC(CS(=O)(=O)C(C)CCN)O2. The van der Waals surface area contributed by atoms with Crippen LogP contribution in [0.15, 0.2) is 18.2 Å². The van der Waals surface area contributed by atoms with E-state index in [1.165, 1.54) is 5.56 Å². The van der Waals surface area contributed by atoms with E-state index in [1.807, 2.05) is 19.1 Å². The van der Waals surface area contributed by atoms with Crippen molar-refractivity contribution in [3.8, 4) is 5.75 Å². The first-order valence-corrected chi connectivity index (χ1v) is 8.31. The maximum absolute atomic E-state index is 12.2. The van der Waals surface area contributed by atoms with E-state index >= 15 is 0 Å². The van der Waals surface area contributed by atoms with Gasteiger partial charge in [0.25, 0.3) is 0 Å². The molecule has 1 aromatic carbocycles. The third-order valence-corrected chi connectivity index (χ3v) is 5.86. The zero-order valence-electron chi connectivity index (χ0n) is 11.4. The molecule has 2 rings (SSSR count). The highest BCUT2D eigenvalue weighted by molar-refractivity contribution is 7.92. The molecule has 0 spiro atoms. The first-order valence-electron chi connectivity index (χ1n) is 6.60. The average Bonchev–Trinajstić information content (AvgIpc) is 2.69. The number of nitrogens with two attached hydrogens (primary N) is 1. The van der Waals surface area contributed by atoms with Crippen molar-refractivity contribution in [3.63, 3.8) is 0 Å². The van der Waals surface area contributed by atoms with Gasteiger partial charge in [-0.25, -0.2) is 8.42 Å². The molecule has 0 saturated heterocycles. The van der Waals surface area contributed by atoms with Gasteiger partial charge < -0.3 is 10.5 Å². The van der Waals surface area contributed by atoms with Crippen molar-refractivity contribution in [2.45, 2.75) is 38.0 Å². The molecule has 0 amide bonds. The van der Waals surface area contributed by atoms with Gasteiger partial charge in [0.1, 0.15) is 11.9 Å². The first-order chi connectivity index (χ1) is 8.92. The highest BCUT2D eigenvalue weighted by Crippen LogP contribution is 2.30. The van der Waals surface area contributed by atoms with Crippen molar-refractivity contribution < 1.29 is 13.2 Å². The lowest BCUT2D eigenvalue weighted by Gasteiger charge is -2.15. The van der Waals surface area contributed by atoms with E-state index in [0.717, 1.165) is 11.3 Å². The van der Waals surface area contributed by atoms with Crippen LogP contribution in [0.4, 0.5) is 0 Å². The van der Waals surface area contributed by atoms with Crippen LogP contribution in [-0.4, -0.2) is 32.1 Å². The highest BCUT2D eigenvalue weighted by Gasteiger charge is 2.30. The topological polar surface area (TPSA) is 69.4 Å². The molecule has 5 heteroatoms. The molecule has 0 fully saturated rings. The minimum atomic E-state index is -3.14. The summed E-state index contributed by atoms with van der Waals surface area (Å²) >= 11 is 0. The highest BCUT2D eigenvalue weighted by atomic mass is 32.2. The lowest BCUT2D eigenvalue weighted by molar-refractivity contribution is 0.256. The number of fused-ring (bicyclic) bond motifs is 1. The summed E-state index contributed by atoms with van der Waals surface area (Å²) in [7, 11) is -3.14. The van der Waals surface area contributed by atoms with Gasteiger partial charge in [-0.05, 0) is 38.4 Å². The van der Waals surface area contributed by atoms with Crippen molar-refractivity contribution in [2.75, 3.05) is 12.3 Å². The Morgan fingerprint density at radius 2 is 2.21 bits per heavy atom. The Balaban J connectivity index is 2.04. The van der Waals surface area contributed by atoms with Crippen molar-refractivity contribution in [3.05, 3.63) is 29.3 Å². The predicted molar refractivity (Wildman–Crippen MR) is 76.2 cm³/mol. The van der Waals surface area contributed by atoms with Gasteiger partial charge in [-0.2, -0.15) is 0 Å². The molecular formula is C14H21NO3S. The molecule has 0 aliphatic carbocycles. The van der Waals surface area contributed by atoms with Crippen molar-refractivity contribution >= 4 is 9.84 Å². The van der Waals surface area contributed by atoms with Gasteiger partial charge in [0.2, 0.25) is 0 Å². The smallest absolute Gasteiger partial charge is 0.156 e. The monoisotopic (exact) mass is 283 g/mol. The molecule has 2 N–H and O–H groups in total. The van der Waals surface area contributed by atoms with Gasteiger partial charge in [0.15, 0.2) is 9.84 Å². The number of rotatable bonds is 5. The fourth-order valence-electron chi connectivity index (χ4n) is 2.38. The van der Waals surface area contributed by atoms with E-state index < -0.39 is 15.1 Å². The second-order valence-corrected chi connectivity index (χ2v) is 7.74. The Morgan fingerprint density at radius 1 is 1.47 bits per heavy atom. The molecule has 0 saturated carbocycles. The molecule has 0 radical (unpaired) electrons. The largest absolute Gasteiger partial charge is 0.489 e. The summed E-state index contributed by atoms with van der Waals surface area (Å²) in [6, 6.07) is 5.96. The predicted octanol–water partition coefficient (Wildman–Crippen LogP) is 1.45. The molecule has 1 aromatic rings. The van der Waals surface area contributed by atoms with Crippen molar-refractivity contribution in [1.29, 1.82) is 0 Å². The van der Waals surface area contributed by atoms with E-state index in [-0.39, 0.29) is 11.9 Å². The van der Waals surface area contributed by atoms with Crippen LogP contribution in [0.3, 0.4) is 0 Å². The first kappa shape index (κ1) is 14.3. The summed E-state index contributed by atoms with van der Waals surface area (Å²) in [6.45, 7) is 4.13. The quantitative estimate of drug-likeness (QED) is 0.888. The molecule has 4 nitrogen and oxygen atoms in total. The van der Waals surface area contributed by atoms with Gasteiger partial charge in [0.05, 0.1) is 11.0 Å². The van der Waals surface area contributed by atoms with E-state index in [2.05, 4.69) is 6.07 Å². The Labute approximate surface area is 114 Å². The molecule has 106 valence electrons. The van der Waals surface area contributed by atoms with E-state index in [4.69, 9.17) is 10.5 Å². The second-order valence-electron chi connectivity index (χ2n) is 5.27. The average molecular weight is 283 g/mol. The van der Waals surface area contributed by atoms with Crippen LogP contribution in [0, 0.1) is 6.92 Å². The third kappa shape index (κ3) is 3.28. The summed E-state index contributed by atoms with van der Waals surface area (Å²) in [5, 5.41) is -0.397. The Bertz CT molecular complexity index is 554. The Kier molecular flexibility index (Phi) is 4.16. The molecule has 2 atom stereocenters. The number of hydrogen-bond donors (Lipinski definition) is 1. The van der Waals surface area contributed by atoms with Crippen LogP contribution in [-0.2, 0) is 16.3 Å². The molecule has 2 unspecified atom stereocenters. The second kappa shape index (κ2) is 5.51. The number of ether oxygens (including phenoxy) is 1.